The topological polar surface area (TPSA) is 111 Å². The Labute approximate surface area is 155 Å². The molecule has 27 heavy (non-hydrogen) atoms. The molecule has 0 aliphatic heterocycles. The zero-order valence-electron chi connectivity index (χ0n) is 14.9. The minimum absolute atomic E-state index is 0.0722. The Morgan fingerprint density at radius 2 is 2.00 bits per heavy atom. The smallest absolute Gasteiger partial charge is 0.270 e. The second-order valence-corrected chi connectivity index (χ2v) is 5.92. The highest BCUT2D eigenvalue weighted by atomic mass is 16.5. The molecule has 0 unspecified atom stereocenters. The molecule has 0 saturated heterocycles. The van der Waals surface area contributed by atoms with Crippen LogP contribution in [-0.2, 0) is 6.61 Å². The number of H-pyrrole nitrogens is 1. The Morgan fingerprint density at radius 1 is 1.26 bits per heavy atom. The number of aliphatic hydroxyl groups is 1. The standard InChI is InChI=1S/C20H18N4O3/c1-12-3-8-17(14(9-12)11-25)22-20-23-18(16(10-21)19(26)24-20)13-4-6-15(27-2)7-5-13/h3-9,25H,11H2,1-2H3,(H2,22,23,24,26). The van der Waals surface area contributed by atoms with E-state index < -0.39 is 5.56 Å². The number of nitriles is 1. The first-order chi connectivity index (χ1) is 13.0. The number of benzene rings is 2. The normalized spacial score (nSPS) is 10.3. The lowest BCUT2D eigenvalue weighted by molar-refractivity contribution is 0.282. The number of hydrogen-bond donors (Lipinski definition) is 3. The second kappa shape index (κ2) is 7.72. The summed E-state index contributed by atoms with van der Waals surface area (Å²) in [4.78, 5) is 19.3. The molecule has 0 aliphatic carbocycles. The number of aromatic amines is 1. The van der Waals surface area contributed by atoms with Crippen LogP contribution in [0.3, 0.4) is 0 Å². The van der Waals surface area contributed by atoms with Crippen molar-refractivity contribution < 1.29 is 9.84 Å². The van der Waals surface area contributed by atoms with E-state index >= 15 is 0 Å². The Balaban J connectivity index is 2.07. The van der Waals surface area contributed by atoms with Gasteiger partial charge in [-0.1, -0.05) is 17.7 Å². The molecular weight excluding hydrogens is 344 g/mol. The Bertz CT molecular complexity index is 1070. The summed E-state index contributed by atoms with van der Waals surface area (Å²) in [5.41, 5.74) is 2.57. The lowest BCUT2D eigenvalue weighted by Gasteiger charge is -2.12. The van der Waals surface area contributed by atoms with E-state index in [-0.39, 0.29) is 23.8 Å². The van der Waals surface area contributed by atoms with Crippen molar-refractivity contribution in [2.45, 2.75) is 13.5 Å². The summed E-state index contributed by atoms with van der Waals surface area (Å²) >= 11 is 0. The van der Waals surface area contributed by atoms with Gasteiger partial charge in [-0.15, -0.1) is 0 Å². The van der Waals surface area contributed by atoms with Gasteiger partial charge in [0.15, 0.2) is 0 Å². The maximum absolute atomic E-state index is 12.4. The highest BCUT2D eigenvalue weighted by Crippen LogP contribution is 2.25. The average Bonchev–Trinajstić information content (AvgIpc) is 2.69. The third kappa shape index (κ3) is 3.81. The molecule has 3 N–H and O–H groups in total. The van der Waals surface area contributed by atoms with Gasteiger partial charge in [0.25, 0.3) is 5.56 Å². The van der Waals surface area contributed by atoms with Gasteiger partial charge in [0.05, 0.1) is 19.4 Å². The van der Waals surface area contributed by atoms with E-state index in [1.54, 1.807) is 37.4 Å². The Hall–Kier alpha value is -3.63. The number of nitrogens with one attached hydrogen (secondary N) is 2. The lowest BCUT2D eigenvalue weighted by atomic mass is 10.1. The zero-order valence-corrected chi connectivity index (χ0v) is 14.9. The van der Waals surface area contributed by atoms with Crippen LogP contribution < -0.4 is 15.6 Å². The fraction of sp³-hybridized carbons (Fsp3) is 0.150. The van der Waals surface area contributed by atoms with Gasteiger partial charge in [-0.05, 0) is 37.3 Å². The number of rotatable bonds is 5. The number of aliphatic hydroxyl groups excluding tert-OH is 1. The molecule has 1 aromatic heterocycles. The molecule has 0 fully saturated rings. The number of ether oxygens (including phenoxy) is 1. The molecule has 0 saturated carbocycles. The monoisotopic (exact) mass is 362 g/mol. The van der Waals surface area contributed by atoms with Gasteiger partial charge in [0.1, 0.15) is 17.4 Å². The van der Waals surface area contributed by atoms with Crippen molar-refractivity contribution in [3.8, 4) is 23.1 Å². The quantitative estimate of drug-likeness (QED) is 0.644. The van der Waals surface area contributed by atoms with E-state index in [1.807, 2.05) is 25.1 Å². The number of methoxy groups -OCH3 is 1. The molecule has 136 valence electrons. The molecule has 7 nitrogen and oxygen atoms in total. The summed E-state index contributed by atoms with van der Waals surface area (Å²) in [5, 5.41) is 21.9. The Kier molecular flexibility index (Phi) is 5.20. The summed E-state index contributed by atoms with van der Waals surface area (Å²) in [6, 6.07) is 14.4. The summed E-state index contributed by atoms with van der Waals surface area (Å²) in [6.45, 7) is 1.77. The van der Waals surface area contributed by atoms with Gasteiger partial charge < -0.3 is 15.2 Å². The second-order valence-electron chi connectivity index (χ2n) is 5.92. The van der Waals surface area contributed by atoms with Gasteiger partial charge in [-0.3, -0.25) is 9.78 Å². The first-order valence-electron chi connectivity index (χ1n) is 8.22. The van der Waals surface area contributed by atoms with Crippen LogP contribution in [0.15, 0.2) is 47.3 Å². The van der Waals surface area contributed by atoms with Gasteiger partial charge in [-0.2, -0.15) is 5.26 Å². The van der Waals surface area contributed by atoms with E-state index in [9.17, 15) is 15.2 Å². The fourth-order valence-electron chi connectivity index (χ4n) is 2.70. The van der Waals surface area contributed by atoms with Crippen LogP contribution in [0, 0.1) is 18.3 Å². The van der Waals surface area contributed by atoms with Gasteiger partial charge in [-0.25, -0.2) is 4.98 Å². The van der Waals surface area contributed by atoms with Crippen LogP contribution in [0.4, 0.5) is 11.6 Å². The van der Waals surface area contributed by atoms with E-state index in [4.69, 9.17) is 4.74 Å². The van der Waals surface area contributed by atoms with Crippen LogP contribution in [0.25, 0.3) is 11.3 Å². The zero-order chi connectivity index (χ0) is 19.4. The predicted molar refractivity (Wildman–Crippen MR) is 102 cm³/mol. The van der Waals surface area contributed by atoms with E-state index in [1.165, 1.54) is 0 Å². The van der Waals surface area contributed by atoms with Crippen molar-refractivity contribution in [2.24, 2.45) is 0 Å². The summed E-state index contributed by atoms with van der Waals surface area (Å²) < 4.78 is 5.13. The maximum atomic E-state index is 12.4. The highest BCUT2D eigenvalue weighted by molar-refractivity contribution is 5.69. The number of anilines is 2. The number of aryl methyl sites for hydroxylation is 1. The number of hydrogen-bond acceptors (Lipinski definition) is 6. The van der Waals surface area contributed by atoms with Crippen LogP contribution in [0.1, 0.15) is 16.7 Å². The van der Waals surface area contributed by atoms with Crippen molar-refractivity contribution in [2.75, 3.05) is 12.4 Å². The molecule has 1 heterocycles. The van der Waals surface area contributed by atoms with Gasteiger partial charge in [0.2, 0.25) is 5.95 Å². The van der Waals surface area contributed by atoms with Crippen LogP contribution in [-0.4, -0.2) is 22.2 Å². The van der Waals surface area contributed by atoms with E-state index in [0.717, 1.165) is 5.56 Å². The highest BCUT2D eigenvalue weighted by Gasteiger charge is 2.14. The molecule has 0 bridgehead atoms. The first-order valence-corrected chi connectivity index (χ1v) is 8.22. The first kappa shape index (κ1) is 18.2. The van der Waals surface area contributed by atoms with Crippen LogP contribution >= 0.6 is 0 Å². The largest absolute Gasteiger partial charge is 0.497 e. The predicted octanol–water partition coefficient (Wildman–Crippen LogP) is 2.86. The lowest BCUT2D eigenvalue weighted by Crippen LogP contribution is -2.16. The molecule has 3 aromatic rings. The van der Waals surface area contributed by atoms with Crippen molar-refractivity contribution >= 4 is 11.6 Å². The SMILES string of the molecule is COc1ccc(-c2nc(Nc3ccc(C)cc3CO)[nH]c(=O)c2C#N)cc1. The van der Waals surface area contributed by atoms with Crippen molar-refractivity contribution in [3.05, 3.63) is 69.5 Å². The van der Waals surface area contributed by atoms with E-state index in [2.05, 4.69) is 15.3 Å². The van der Waals surface area contributed by atoms with Crippen molar-refractivity contribution in [1.29, 1.82) is 5.26 Å². The van der Waals surface area contributed by atoms with Crippen molar-refractivity contribution in [3.63, 3.8) is 0 Å². The molecule has 0 radical (unpaired) electrons. The molecule has 0 amide bonds. The summed E-state index contributed by atoms with van der Waals surface area (Å²) in [6.07, 6.45) is 0. The minimum Gasteiger partial charge on any atom is -0.497 e. The third-order valence-corrected chi connectivity index (χ3v) is 4.08. The molecule has 2 aromatic carbocycles. The molecule has 3 rings (SSSR count). The van der Waals surface area contributed by atoms with E-state index in [0.29, 0.717) is 22.6 Å². The maximum Gasteiger partial charge on any atom is 0.270 e. The third-order valence-electron chi connectivity index (χ3n) is 4.08. The summed E-state index contributed by atoms with van der Waals surface area (Å²) in [5.74, 6) is 0.844. The molecule has 7 heteroatoms. The van der Waals surface area contributed by atoms with Crippen LogP contribution in [0.2, 0.25) is 0 Å². The number of aromatic nitrogens is 2. The molecule has 0 aliphatic rings. The molecule has 0 spiro atoms. The van der Waals surface area contributed by atoms with Gasteiger partial charge >= 0.3 is 0 Å². The van der Waals surface area contributed by atoms with Crippen LogP contribution in [0.5, 0.6) is 5.75 Å². The van der Waals surface area contributed by atoms with Gasteiger partial charge in [0, 0.05) is 16.8 Å². The Morgan fingerprint density at radius 3 is 2.63 bits per heavy atom. The fourth-order valence-corrected chi connectivity index (χ4v) is 2.70. The summed E-state index contributed by atoms with van der Waals surface area (Å²) in [7, 11) is 1.56. The molecule has 0 atom stereocenters. The number of nitrogens with zero attached hydrogens (tertiary/aromatic N) is 2. The van der Waals surface area contributed by atoms with Crippen molar-refractivity contribution in [1.82, 2.24) is 9.97 Å². The minimum atomic E-state index is -0.543. The molecular formula is C20H18N4O3. The average molecular weight is 362 g/mol.